The fourth-order valence-corrected chi connectivity index (χ4v) is 2.90. The van der Waals surface area contributed by atoms with Crippen LogP contribution in [-0.4, -0.2) is 22.2 Å². The maximum Gasteiger partial charge on any atom is 0.261 e. The Morgan fingerprint density at radius 1 is 1.32 bits per heavy atom. The highest BCUT2D eigenvalue weighted by Crippen LogP contribution is 2.27. The number of para-hydroxylation sites is 1. The molecule has 3 aromatic rings. The largest absolute Gasteiger partial charge is 0.507 e. The smallest absolute Gasteiger partial charge is 0.261 e. The molecule has 7 heteroatoms. The van der Waals surface area contributed by atoms with Gasteiger partial charge in [0, 0.05) is 0 Å². The van der Waals surface area contributed by atoms with Crippen molar-refractivity contribution in [2.45, 2.75) is 0 Å². The number of nitrogens with two attached hydrogens (primary N) is 1. The molecule has 0 aliphatic rings. The first-order valence-electron chi connectivity index (χ1n) is 6.40. The average Bonchev–Trinajstić information content (AvgIpc) is 2.89. The van der Waals surface area contributed by atoms with Gasteiger partial charge in [0.1, 0.15) is 5.75 Å². The van der Waals surface area contributed by atoms with Gasteiger partial charge in [-0.1, -0.05) is 29.5 Å². The first-order valence-corrected chi connectivity index (χ1v) is 7.22. The fourth-order valence-electron chi connectivity index (χ4n) is 1.99. The maximum atomic E-state index is 12.1. The van der Waals surface area contributed by atoms with Crippen molar-refractivity contribution in [3.05, 3.63) is 53.6 Å². The number of anilines is 1. The number of aromatic hydroxyl groups is 1. The van der Waals surface area contributed by atoms with E-state index < -0.39 is 5.91 Å². The van der Waals surface area contributed by atoms with Gasteiger partial charge in [-0.2, -0.15) is 5.10 Å². The van der Waals surface area contributed by atoms with Crippen molar-refractivity contribution in [3.8, 4) is 5.75 Å². The molecule has 1 amide bonds. The number of hydrazone groups is 1. The Morgan fingerprint density at radius 2 is 2.14 bits per heavy atom. The van der Waals surface area contributed by atoms with E-state index in [1.54, 1.807) is 24.4 Å². The Hall–Kier alpha value is -2.93. The summed E-state index contributed by atoms with van der Waals surface area (Å²) in [6.07, 6.45) is 1.54. The van der Waals surface area contributed by atoms with E-state index in [4.69, 9.17) is 5.84 Å². The van der Waals surface area contributed by atoms with Crippen LogP contribution in [-0.2, 0) is 0 Å². The number of carbonyl (C=O) groups excluding carboxylic acids is 1. The molecule has 0 aliphatic carbocycles. The first kappa shape index (κ1) is 14.0. The number of rotatable bonds is 3. The molecule has 4 N–H and O–H groups in total. The van der Waals surface area contributed by atoms with Crippen molar-refractivity contribution < 1.29 is 9.90 Å². The van der Waals surface area contributed by atoms with Gasteiger partial charge in [-0.05, 0) is 29.8 Å². The van der Waals surface area contributed by atoms with E-state index in [0.717, 1.165) is 15.8 Å². The van der Waals surface area contributed by atoms with Crippen LogP contribution < -0.4 is 11.2 Å². The predicted octanol–water partition coefficient (Wildman–Crippen LogP) is 2.55. The van der Waals surface area contributed by atoms with E-state index >= 15 is 0 Å². The molecule has 1 heterocycles. The number of carbonyl (C=O) groups is 1. The number of nitrogens with zero attached hydrogens (tertiary/aromatic N) is 2. The summed E-state index contributed by atoms with van der Waals surface area (Å²) in [5.41, 5.74) is 1.83. The number of benzene rings is 2. The van der Waals surface area contributed by atoms with Crippen LogP contribution in [0.25, 0.3) is 10.2 Å². The van der Waals surface area contributed by atoms with Crippen molar-refractivity contribution in [2.24, 2.45) is 10.9 Å². The van der Waals surface area contributed by atoms with Gasteiger partial charge in [-0.15, -0.1) is 0 Å². The standard InChI is InChI=1S/C15H12N4O2S/c16-17-8-9-5-6-11-13(7-9)22-15(18-11)19-14(21)10-3-1-2-4-12(10)20/h1-8,20H,16H2,(H,18,19,21). The molecule has 6 nitrogen and oxygen atoms in total. The van der Waals surface area contributed by atoms with Gasteiger partial charge in [0.25, 0.3) is 5.91 Å². The molecule has 0 radical (unpaired) electrons. The number of amides is 1. The van der Waals surface area contributed by atoms with Crippen molar-refractivity contribution in [1.82, 2.24) is 4.98 Å². The molecule has 0 bridgehead atoms. The van der Waals surface area contributed by atoms with Gasteiger partial charge in [0.2, 0.25) is 0 Å². The maximum absolute atomic E-state index is 12.1. The molecular weight excluding hydrogens is 300 g/mol. The molecule has 0 saturated carbocycles. The quantitative estimate of drug-likeness (QED) is 0.393. The van der Waals surface area contributed by atoms with E-state index in [2.05, 4.69) is 15.4 Å². The third kappa shape index (κ3) is 2.75. The summed E-state index contributed by atoms with van der Waals surface area (Å²) in [6.45, 7) is 0. The summed E-state index contributed by atoms with van der Waals surface area (Å²) in [7, 11) is 0. The summed E-state index contributed by atoms with van der Waals surface area (Å²) in [4.78, 5) is 16.5. The van der Waals surface area contributed by atoms with Crippen LogP contribution in [0.3, 0.4) is 0 Å². The van der Waals surface area contributed by atoms with Gasteiger partial charge in [-0.3, -0.25) is 10.1 Å². The SMILES string of the molecule is NN=Cc1ccc2nc(NC(=O)c3ccccc3O)sc2c1. The molecule has 0 aliphatic heterocycles. The molecule has 0 saturated heterocycles. The van der Waals surface area contributed by atoms with Crippen LogP contribution in [0.4, 0.5) is 5.13 Å². The zero-order valence-electron chi connectivity index (χ0n) is 11.4. The van der Waals surface area contributed by atoms with Gasteiger partial charge >= 0.3 is 0 Å². The molecule has 0 atom stereocenters. The Balaban J connectivity index is 1.88. The van der Waals surface area contributed by atoms with Crippen LogP contribution in [0.1, 0.15) is 15.9 Å². The van der Waals surface area contributed by atoms with Crippen LogP contribution >= 0.6 is 11.3 Å². The zero-order chi connectivity index (χ0) is 15.5. The Kier molecular flexibility index (Phi) is 3.71. The second-order valence-corrected chi connectivity index (χ2v) is 5.53. The molecule has 0 spiro atoms. The highest BCUT2D eigenvalue weighted by atomic mass is 32.1. The number of thiazole rings is 1. The average molecular weight is 312 g/mol. The molecule has 0 unspecified atom stereocenters. The normalized spacial score (nSPS) is 11.1. The molecular formula is C15H12N4O2S. The van der Waals surface area contributed by atoms with Crippen molar-refractivity contribution in [3.63, 3.8) is 0 Å². The molecule has 1 aromatic heterocycles. The lowest BCUT2D eigenvalue weighted by Gasteiger charge is -2.03. The molecule has 0 fully saturated rings. The first-order chi connectivity index (χ1) is 10.7. The lowest BCUT2D eigenvalue weighted by molar-refractivity contribution is 0.102. The van der Waals surface area contributed by atoms with E-state index in [1.165, 1.54) is 17.4 Å². The predicted molar refractivity (Wildman–Crippen MR) is 87.5 cm³/mol. The number of nitrogens with one attached hydrogen (secondary N) is 1. The van der Waals surface area contributed by atoms with Crippen molar-refractivity contribution >= 4 is 38.8 Å². The number of hydrogen-bond donors (Lipinski definition) is 3. The molecule has 3 rings (SSSR count). The molecule has 2 aromatic carbocycles. The van der Waals surface area contributed by atoms with Gasteiger partial charge in [0.05, 0.1) is 22.0 Å². The fraction of sp³-hybridized carbons (Fsp3) is 0. The van der Waals surface area contributed by atoms with Crippen LogP contribution in [0.2, 0.25) is 0 Å². The third-order valence-corrected chi connectivity index (χ3v) is 3.94. The zero-order valence-corrected chi connectivity index (χ0v) is 12.2. The number of phenolic OH excluding ortho intramolecular Hbond substituents is 1. The van der Waals surface area contributed by atoms with Gasteiger partial charge in [-0.25, -0.2) is 4.98 Å². The molecule has 110 valence electrons. The summed E-state index contributed by atoms with van der Waals surface area (Å²) >= 11 is 1.34. The lowest BCUT2D eigenvalue weighted by Crippen LogP contribution is -2.11. The highest BCUT2D eigenvalue weighted by molar-refractivity contribution is 7.22. The number of aromatic nitrogens is 1. The minimum Gasteiger partial charge on any atom is -0.507 e. The Labute approximate surface area is 129 Å². The van der Waals surface area contributed by atoms with Crippen molar-refractivity contribution in [2.75, 3.05) is 5.32 Å². The van der Waals surface area contributed by atoms with Crippen LogP contribution in [0.15, 0.2) is 47.6 Å². The molecule has 22 heavy (non-hydrogen) atoms. The highest BCUT2D eigenvalue weighted by Gasteiger charge is 2.13. The van der Waals surface area contributed by atoms with Crippen LogP contribution in [0, 0.1) is 0 Å². The minimum absolute atomic E-state index is 0.0671. The third-order valence-electron chi connectivity index (χ3n) is 3.01. The number of phenols is 1. The van der Waals surface area contributed by atoms with Gasteiger partial charge in [0.15, 0.2) is 5.13 Å². The van der Waals surface area contributed by atoms with E-state index in [9.17, 15) is 9.90 Å². The second kappa shape index (κ2) is 5.82. The Bertz CT molecular complexity index is 873. The minimum atomic E-state index is -0.402. The van der Waals surface area contributed by atoms with E-state index in [0.29, 0.717) is 5.13 Å². The summed E-state index contributed by atoms with van der Waals surface area (Å²) in [5, 5.41) is 16.3. The monoisotopic (exact) mass is 312 g/mol. The van der Waals surface area contributed by atoms with E-state index in [-0.39, 0.29) is 11.3 Å². The van der Waals surface area contributed by atoms with Crippen molar-refractivity contribution in [1.29, 1.82) is 0 Å². The van der Waals surface area contributed by atoms with Crippen LogP contribution in [0.5, 0.6) is 5.75 Å². The summed E-state index contributed by atoms with van der Waals surface area (Å²) in [5.74, 6) is 4.66. The summed E-state index contributed by atoms with van der Waals surface area (Å²) in [6, 6.07) is 11.9. The topological polar surface area (TPSA) is 101 Å². The number of fused-ring (bicyclic) bond motifs is 1. The summed E-state index contributed by atoms with van der Waals surface area (Å²) < 4.78 is 0.907. The lowest BCUT2D eigenvalue weighted by atomic mass is 10.2. The van der Waals surface area contributed by atoms with E-state index in [1.807, 2.05) is 18.2 Å². The van der Waals surface area contributed by atoms with Gasteiger partial charge < -0.3 is 10.9 Å². The second-order valence-electron chi connectivity index (χ2n) is 4.50. The Morgan fingerprint density at radius 3 is 2.91 bits per heavy atom. The number of hydrogen-bond acceptors (Lipinski definition) is 6.